The lowest BCUT2D eigenvalue weighted by Crippen LogP contribution is -2.28. The third kappa shape index (κ3) is 0.664. The van der Waals surface area contributed by atoms with E-state index in [1.54, 1.807) is 0 Å². The zero-order valence-electron chi connectivity index (χ0n) is 5.50. The van der Waals surface area contributed by atoms with E-state index in [-0.39, 0.29) is 23.8 Å². The molecule has 2 fully saturated rings. The van der Waals surface area contributed by atoms with Gasteiger partial charge >= 0.3 is 11.9 Å². The fraction of sp³-hybridized carbons (Fsp3) is 0.714. The van der Waals surface area contributed by atoms with Crippen LogP contribution in [0.15, 0.2) is 0 Å². The maximum absolute atomic E-state index is 10.8. The third-order valence-electron chi connectivity index (χ3n) is 2.30. The van der Waals surface area contributed by atoms with E-state index in [1.165, 1.54) is 0 Å². The van der Waals surface area contributed by atoms with Crippen LogP contribution in [0, 0.1) is 11.8 Å². The number of hydrogen-bond acceptors (Lipinski definition) is 3. The van der Waals surface area contributed by atoms with Crippen molar-refractivity contribution in [2.75, 3.05) is 0 Å². The third-order valence-corrected chi connectivity index (χ3v) is 2.30. The summed E-state index contributed by atoms with van der Waals surface area (Å²) in [6.45, 7) is 0. The molecule has 2 bridgehead atoms. The first-order chi connectivity index (χ1) is 4.77. The molecule has 2 rings (SSSR count). The van der Waals surface area contributed by atoms with E-state index < -0.39 is 0 Å². The Kier molecular flexibility index (Phi) is 1.07. The summed E-state index contributed by atoms with van der Waals surface area (Å²) in [4.78, 5) is 21.6. The van der Waals surface area contributed by atoms with Crippen LogP contribution < -0.4 is 0 Å². The number of carbonyl (C=O) groups is 2. The summed E-state index contributed by atoms with van der Waals surface area (Å²) in [5.41, 5.74) is 0. The molecule has 0 N–H and O–H groups in total. The van der Waals surface area contributed by atoms with Crippen molar-refractivity contribution < 1.29 is 14.3 Å². The van der Waals surface area contributed by atoms with Crippen LogP contribution >= 0.6 is 0 Å². The molecule has 1 saturated carbocycles. The molecule has 3 nitrogen and oxygen atoms in total. The first-order valence-electron chi connectivity index (χ1n) is 3.53. The molecule has 1 heterocycles. The predicted molar refractivity (Wildman–Crippen MR) is 31.9 cm³/mol. The van der Waals surface area contributed by atoms with E-state index in [1.807, 2.05) is 0 Å². The Morgan fingerprint density at radius 2 is 1.60 bits per heavy atom. The Balaban J connectivity index is 2.24. The molecule has 1 saturated heterocycles. The van der Waals surface area contributed by atoms with Gasteiger partial charge in [-0.1, -0.05) is 0 Å². The van der Waals surface area contributed by atoms with Gasteiger partial charge in [-0.25, -0.2) is 0 Å². The van der Waals surface area contributed by atoms with Crippen LogP contribution in [0.2, 0.25) is 0 Å². The molecule has 1 aliphatic carbocycles. The standard InChI is InChI=1S/C7H8O3/c8-6-4-1-2-5(3-4)7(9)10-6/h4-5H,1-3H2/t4-,5-/m1/s1. The van der Waals surface area contributed by atoms with Gasteiger partial charge in [-0.05, 0) is 19.3 Å². The molecule has 54 valence electrons. The van der Waals surface area contributed by atoms with Gasteiger partial charge < -0.3 is 4.74 Å². The molecular weight excluding hydrogens is 132 g/mol. The van der Waals surface area contributed by atoms with Crippen molar-refractivity contribution >= 4 is 11.9 Å². The summed E-state index contributed by atoms with van der Waals surface area (Å²) in [5.74, 6) is -0.553. The summed E-state index contributed by atoms with van der Waals surface area (Å²) in [7, 11) is 0. The Morgan fingerprint density at radius 3 is 2.10 bits per heavy atom. The van der Waals surface area contributed by atoms with E-state index in [2.05, 4.69) is 4.74 Å². The number of carbonyl (C=O) groups excluding carboxylic acids is 2. The van der Waals surface area contributed by atoms with E-state index in [0.29, 0.717) is 0 Å². The first kappa shape index (κ1) is 5.89. The molecule has 2 aliphatic rings. The van der Waals surface area contributed by atoms with Crippen LogP contribution in [-0.2, 0) is 14.3 Å². The largest absolute Gasteiger partial charge is 0.393 e. The highest BCUT2D eigenvalue weighted by molar-refractivity contribution is 5.91. The van der Waals surface area contributed by atoms with E-state index >= 15 is 0 Å². The quantitative estimate of drug-likeness (QED) is 0.363. The van der Waals surface area contributed by atoms with Crippen LogP contribution in [0.25, 0.3) is 0 Å². The van der Waals surface area contributed by atoms with E-state index in [9.17, 15) is 9.59 Å². The van der Waals surface area contributed by atoms with Gasteiger partial charge in [0.15, 0.2) is 0 Å². The van der Waals surface area contributed by atoms with E-state index in [4.69, 9.17) is 0 Å². The predicted octanol–water partition coefficient (Wildman–Crippen LogP) is 0.486. The monoisotopic (exact) mass is 140 g/mol. The Labute approximate surface area is 58.4 Å². The van der Waals surface area contributed by atoms with Crippen molar-refractivity contribution in [1.29, 1.82) is 0 Å². The van der Waals surface area contributed by atoms with Crippen LogP contribution in [0.5, 0.6) is 0 Å². The smallest absolute Gasteiger partial charge is 0.316 e. The number of rotatable bonds is 0. The van der Waals surface area contributed by atoms with Crippen molar-refractivity contribution in [3.63, 3.8) is 0 Å². The number of ether oxygens (including phenoxy) is 1. The second-order valence-corrected chi connectivity index (χ2v) is 2.95. The highest BCUT2D eigenvalue weighted by Crippen LogP contribution is 2.36. The lowest BCUT2D eigenvalue weighted by Gasteiger charge is -2.15. The summed E-state index contributed by atoms with van der Waals surface area (Å²) < 4.78 is 4.50. The van der Waals surface area contributed by atoms with Crippen LogP contribution in [0.4, 0.5) is 0 Å². The summed E-state index contributed by atoms with van der Waals surface area (Å²) in [6, 6.07) is 0. The molecule has 3 heteroatoms. The number of fused-ring (bicyclic) bond motifs is 2. The minimum absolute atomic E-state index is 0.0303. The lowest BCUT2D eigenvalue weighted by molar-refractivity contribution is -0.168. The van der Waals surface area contributed by atoms with Crippen LogP contribution in [0.1, 0.15) is 19.3 Å². The maximum atomic E-state index is 10.8. The molecule has 2 atom stereocenters. The lowest BCUT2D eigenvalue weighted by atomic mass is 10.0. The normalized spacial score (nSPS) is 38.0. The van der Waals surface area contributed by atoms with Crippen molar-refractivity contribution in [3.8, 4) is 0 Å². The van der Waals surface area contributed by atoms with Crippen LogP contribution in [0.3, 0.4) is 0 Å². The van der Waals surface area contributed by atoms with Gasteiger partial charge in [0.25, 0.3) is 0 Å². The molecule has 0 aromatic rings. The molecular formula is C7H8O3. The van der Waals surface area contributed by atoms with Gasteiger partial charge in [0.2, 0.25) is 0 Å². The molecule has 0 unspecified atom stereocenters. The first-order valence-corrected chi connectivity index (χ1v) is 3.53. The molecule has 1 aliphatic heterocycles. The summed E-state index contributed by atoms with van der Waals surface area (Å²) >= 11 is 0. The molecule has 0 radical (unpaired) electrons. The second-order valence-electron chi connectivity index (χ2n) is 2.95. The zero-order valence-corrected chi connectivity index (χ0v) is 5.50. The van der Waals surface area contributed by atoms with Crippen LogP contribution in [-0.4, -0.2) is 11.9 Å². The number of cyclic esters (lactones) is 2. The highest BCUT2D eigenvalue weighted by atomic mass is 16.6. The molecule has 0 spiro atoms. The van der Waals surface area contributed by atoms with Gasteiger partial charge in [0, 0.05) is 0 Å². The maximum Gasteiger partial charge on any atom is 0.316 e. The molecule has 10 heavy (non-hydrogen) atoms. The SMILES string of the molecule is O=C1OC(=O)[C@@H]2CC[C@@H]1C2. The fourth-order valence-corrected chi connectivity index (χ4v) is 1.68. The summed E-state index contributed by atoms with van der Waals surface area (Å²) in [5, 5.41) is 0. The molecule has 0 aromatic carbocycles. The highest BCUT2D eigenvalue weighted by Gasteiger charge is 2.41. The second kappa shape index (κ2) is 1.81. The van der Waals surface area contributed by atoms with Crippen molar-refractivity contribution in [3.05, 3.63) is 0 Å². The van der Waals surface area contributed by atoms with Crippen molar-refractivity contribution in [2.24, 2.45) is 11.8 Å². The Morgan fingerprint density at radius 1 is 1.10 bits per heavy atom. The van der Waals surface area contributed by atoms with Gasteiger partial charge in [-0.3, -0.25) is 9.59 Å². The zero-order chi connectivity index (χ0) is 7.14. The molecule has 0 aromatic heterocycles. The minimum atomic E-state index is -0.307. The summed E-state index contributed by atoms with van der Waals surface area (Å²) in [6.07, 6.45) is 2.42. The average molecular weight is 140 g/mol. The van der Waals surface area contributed by atoms with Gasteiger partial charge in [-0.15, -0.1) is 0 Å². The van der Waals surface area contributed by atoms with Crippen molar-refractivity contribution in [2.45, 2.75) is 19.3 Å². The Bertz CT molecular complexity index is 177. The number of hydrogen-bond donors (Lipinski definition) is 0. The molecule has 0 amide bonds. The topological polar surface area (TPSA) is 43.4 Å². The number of esters is 2. The van der Waals surface area contributed by atoms with Gasteiger partial charge in [0.05, 0.1) is 11.8 Å². The van der Waals surface area contributed by atoms with Crippen molar-refractivity contribution in [1.82, 2.24) is 0 Å². The van der Waals surface area contributed by atoms with E-state index in [0.717, 1.165) is 19.3 Å². The van der Waals surface area contributed by atoms with Gasteiger partial charge in [0.1, 0.15) is 0 Å². The Hall–Kier alpha value is -0.860. The fourth-order valence-electron chi connectivity index (χ4n) is 1.68. The van der Waals surface area contributed by atoms with Gasteiger partial charge in [-0.2, -0.15) is 0 Å². The average Bonchev–Trinajstić information content (AvgIpc) is 2.28. The minimum Gasteiger partial charge on any atom is -0.393 e.